The first-order valence-electron chi connectivity index (χ1n) is 8.71. The van der Waals surface area contributed by atoms with Crippen LogP contribution in [0.25, 0.3) is 17.4 Å². The Balaban J connectivity index is 1.63. The summed E-state index contributed by atoms with van der Waals surface area (Å²) in [7, 11) is 0. The fourth-order valence-corrected chi connectivity index (χ4v) is 3.00. The number of amides is 2. The number of nitrogens with one attached hydrogen (secondary N) is 1. The minimum Gasteiger partial charge on any atom is -0.457 e. The summed E-state index contributed by atoms with van der Waals surface area (Å²) >= 11 is 0. The molecule has 8 nitrogen and oxygen atoms in total. The highest BCUT2D eigenvalue weighted by Crippen LogP contribution is 2.29. The van der Waals surface area contributed by atoms with Crippen LogP contribution in [0, 0.1) is 17.0 Å². The summed E-state index contributed by atoms with van der Waals surface area (Å²) in [5.74, 6) is -0.352. The number of hydrogen-bond donors (Lipinski definition) is 1. The maximum atomic E-state index is 12.6. The highest BCUT2D eigenvalue weighted by atomic mass is 16.6. The third-order valence-corrected chi connectivity index (χ3v) is 4.51. The van der Waals surface area contributed by atoms with Gasteiger partial charge in [-0.2, -0.15) is 0 Å². The maximum Gasteiger partial charge on any atom is 0.282 e. The van der Waals surface area contributed by atoms with Crippen molar-refractivity contribution in [3.8, 4) is 11.3 Å². The zero-order chi connectivity index (χ0) is 20.5. The minimum atomic E-state index is -0.539. The van der Waals surface area contributed by atoms with Gasteiger partial charge in [0.1, 0.15) is 17.1 Å². The minimum absolute atomic E-state index is 0.0114. The predicted molar refractivity (Wildman–Crippen MR) is 106 cm³/mol. The standard InChI is InChI=1S/C21H15N3O5/c1-13-7-8-14(11-18(13)24(27)28)19-10-9-16(29-19)12-17-20(25)22-23(21(17)26)15-5-3-2-4-6-15/h2-12H,1H3,(H,22,25). The lowest BCUT2D eigenvalue weighted by atomic mass is 10.1. The van der Waals surface area contributed by atoms with Crippen molar-refractivity contribution in [1.29, 1.82) is 0 Å². The van der Waals surface area contributed by atoms with Crippen molar-refractivity contribution in [3.63, 3.8) is 0 Å². The van der Waals surface area contributed by atoms with E-state index in [1.54, 1.807) is 55.5 Å². The van der Waals surface area contributed by atoms with Crippen LogP contribution in [0.15, 0.2) is 70.7 Å². The molecule has 0 bridgehead atoms. The molecule has 1 aliphatic heterocycles. The second kappa shape index (κ2) is 7.08. The first-order valence-corrected chi connectivity index (χ1v) is 8.71. The summed E-state index contributed by atoms with van der Waals surface area (Å²) in [4.78, 5) is 35.5. The third-order valence-electron chi connectivity index (χ3n) is 4.51. The lowest BCUT2D eigenvalue weighted by Gasteiger charge is -2.13. The number of carbonyl (C=O) groups is 2. The average Bonchev–Trinajstić information content (AvgIpc) is 3.29. The van der Waals surface area contributed by atoms with Crippen molar-refractivity contribution in [3.05, 3.63) is 87.7 Å². The van der Waals surface area contributed by atoms with Crippen molar-refractivity contribution in [2.24, 2.45) is 0 Å². The topological polar surface area (TPSA) is 106 Å². The fourth-order valence-electron chi connectivity index (χ4n) is 3.00. The van der Waals surface area contributed by atoms with E-state index >= 15 is 0 Å². The van der Waals surface area contributed by atoms with Gasteiger partial charge in [-0.25, -0.2) is 5.01 Å². The Kier molecular flexibility index (Phi) is 4.44. The zero-order valence-electron chi connectivity index (χ0n) is 15.3. The van der Waals surface area contributed by atoms with E-state index in [0.717, 1.165) is 0 Å². The van der Waals surface area contributed by atoms with E-state index in [9.17, 15) is 19.7 Å². The van der Waals surface area contributed by atoms with Crippen LogP contribution in [0.1, 0.15) is 11.3 Å². The number of hydrazine groups is 1. The summed E-state index contributed by atoms with van der Waals surface area (Å²) in [6, 6.07) is 16.7. The van der Waals surface area contributed by atoms with Crippen LogP contribution in [0.3, 0.4) is 0 Å². The van der Waals surface area contributed by atoms with Crippen LogP contribution >= 0.6 is 0 Å². The number of nitro benzene ring substituents is 1. The largest absolute Gasteiger partial charge is 0.457 e. The number of nitro groups is 1. The van der Waals surface area contributed by atoms with Crippen LogP contribution < -0.4 is 10.4 Å². The first kappa shape index (κ1) is 18.2. The van der Waals surface area contributed by atoms with Crippen molar-refractivity contribution >= 4 is 29.3 Å². The molecule has 1 N–H and O–H groups in total. The SMILES string of the molecule is Cc1ccc(-c2ccc(C=C3C(=O)NN(c4ccccc4)C3=O)o2)cc1[N+](=O)[O-]. The summed E-state index contributed by atoms with van der Waals surface area (Å²) in [5, 5.41) is 12.3. The second-order valence-electron chi connectivity index (χ2n) is 6.44. The lowest BCUT2D eigenvalue weighted by Crippen LogP contribution is -2.35. The van der Waals surface area contributed by atoms with Crippen molar-refractivity contribution in [2.75, 3.05) is 5.01 Å². The molecule has 2 aromatic carbocycles. The third kappa shape index (κ3) is 3.39. The molecular weight excluding hydrogens is 374 g/mol. The number of carbonyl (C=O) groups excluding carboxylic acids is 2. The van der Waals surface area contributed by atoms with Crippen LogP contribution in [0.4, 0.5) is 11.4 Å². The van der Waals surface area contributed by atoms with Crippen LogP contribution in [-0.2, 0) is 9.59 Å². The van der Waals surface area contributed by atoms with Crippen molar-refractivity contribution in [2.45, 2.75) is 6.92 Å². The van der Waals surface area contributed by atoms with Gasteiger partial charge in [-0.1, -0.05) is 30.3 Å². The molecule has 4 rings (SSSR count). The monoisotopic (exact) mass is 389 g/mol. The molecule has 8 heteroatoms. The molecule has 3 aromatic rings. The van der Waals surface area contributed by atoms with E-state index in [0.29, 0.717) is 22.6 Å². The fraction of sp³-hybridized carbons (Fsp3) is 0.0476. The van der Waals surface area contributed by atoms with Gasteiger partial charge in [0.15, 0.2) is 0 Å². The zero-order valence-corrected chi connectivity index (χ0v) is 15.3. The van der Waals surface area contributed by atoms with E-state index in [4.69, 9.17) is 4.42 Å². The number of para-hydroxylation sites is 1. The quantitative estimate of drug-likeness (QED) is 0.317. The van der Waals surface area contributed by atoms with E-state index in [-0.39, 0.29) is 17.0 Å². The summed E-state index contributed by atoms with van der Waals surface area (Å²) in [5.41, 5.74) is 4.05. The van der Waals surface area contributed by atoms with Crippen LogP contribution in [-0.4, -0.2) is 16.7 Å². The Labute approximate surface area is 165 Å². The first-order chi connectivity index (χ1) is 13.9. The van der Waals surface area contributed by atoms with Crippen molar-refractivity contribution in [1.82, 2.24) is 5.43 Å². The molecule has 0 aliphatic carbocycles. The Morgan fingerprint density at radius 1 is 1.07 bits per heavy atom. The molecule has 0 atom stereocenters. The van der Waals surface area contributed by atoms with Gasteiger partial charge in [-0.15, -0.1) is 0 Å². The molecular formula is C21H15N3O5. The molecule has 144 valence electrons. The maximum absolute atomic E-state index is 12.6. The number of nitrogens with zero attached hydrogens (tertiary/aromatic N) is 2. The molecule has 29 heavy (non-hydrogen) atoms. The Bertz CT molecular complexity index is 1160. The van der Waals surface area contributed by atoms with E-state index in [1.165, 1.54) is 17.2 Å². The molecule has 0 spiro atoms. The number of rotatable bonds is 4. The predicted octanol–water partition coefficient (Wildman–Crippen LogP) is 3.62. The van der Waals surface area contributed by atoms with Crippen LogP contribution in [0.2, 0.25) is 0 Å². The smallest absolute Gasteiger partial charge is 0.282 e. The molecule has 2 heterocycles. The Morgan fingerprint density at radius 3 is 2.55 bits per heavy atom. The summed E-state index contributed by atoms with van der Waals surface area (Å²) in [6.45, 7) is 1.66. The van der Waals surface area contributed by atoms with Gasteiger partial charge in [-0.3, -0.25) is 25.1 Å². The van der Waals surface area contributed by atoms with E-state index in [1.807, 2.05) is 6.07 Å². The molecule has 1 fully saturated rings. The molecule has 1 aliphatic rings. The van der Waals surface area contributed by atoms with Crippen molar-refractivity contribution < 1.29 is 18.9 Å². The molecule has 0 unspecified atom stereocenters. The number of hydrogen-bond acceptors (Lipinski definition) is 5. The van der Waals surface area contributed by atoms with Gasteiger partial charge in [-0.05, 0) is 37.3 Å². The summed E-state index contributed by atoms with van der Waals surface area (Å²) in [6.07, 6.45) is 1.35. The number of furan rings is 1. The number of benzene rings is 2. The van der Waals surface area contributed by atoms with E-state index in [2.05, 4.69) is 5.43 Å². The van der Waals surface area contributed by atoms with Gasteiger partial charge < -0.3 is 4.42 Å². The normalized spacial score (nSPS) is 15.1. The molecule has 0 radical (unpaired) electrons. The Morgan fingerprint density at radius 2 is 1.83 bits per heavy atom. The second-order valence-corrected chi connectivity index (χ2v) is 6.44. The summed E-state index contributed by atoms with van der Waals surface area (Å²) < 4.78 is 5.69. The molecule has 0 saturated carbocycles. The number of anilines is 1. The highest BCUT2D eigenvalue weighted by molar-refractivity contribution is 6.31. The Hall–Kier alpha value is -4.20. The van der Waals surface area contributed by atoms with Gasteiger partial charge in [0, 0.05) is 17.2 Å². The molecule has 2 amide bonds. The van der Waals surface area contributed by atoms with E-state index < -0.39 is 16.7 Å². The highest BCUT2D eigenvalue weighted by Gasteiger charge is 2.34. The lowest BCUT2D eigenvalue weighted by molar-refractivity contribution is -0.385. The number of aryl methyl sites for hydroxylation is 1. The molecule has 1 saturated heterocycles. The average molecular weight is 389 g/mol. The van der Waals surface area contributed by atoms with Crippen LogP contribution in [0.5, 0.6) is 0 Å². The van der Waals surface area contributed by atoms with Gasteiger partial charge in [0.25, 0.3) is 17.5 Å². The van der Waals surface area contributed by atoms with Gasteiger partial charge >= 0.3 is 0 Å². The van der Waals surface area contributed by atoms with Gasteiger partial charge in [0.2, 0.25) is 0 Å². The molecule has 1 aromatic heterocycles. The van der Waals surface area contributed by atoms with Gasteiger partial charge in [0.05, 0.1) is 10.6 Å².